The highest BCUT2D eigenvalue weighted by molar-refractivity contribution is 5.06. The van der Waals surface area contributed by atoms with Crippen LogP contribution in [0.15, 0.2) is 0 Å². The number of hydrogen-bond donors (Lipinski definition) is 0. The summed E-state index contributed by atoms with van der Waals surface area (Å²) in [5, 5.41) is 0. The van der Waals surface area contributed by atoms with Crippen molar-refractivity contribution < 1.29 is 0 Å². The fraction of sp³-hybridized carbons (Fsp3) is 1.00. The van der Waals surface area contributed by atoms with Crippen LogP contribution in [0.25, 0.3) is 0 Å². The first-order valence-corrected chi connectivity index (χ1v) is 5.35. The van der Waals surface area contributed by atoms with Crippen molar-refractivity contribution in [3.63, 3.8) is 0 Å². The molecule has 12 heavy (non-hydrogen) atoms. The first-order valence-electron chi connectivity index (χ1n) is 5.35. The highest BCUT2D eigenvalue weighted by atomic mass is 15.2. The van der Waals surface area contributed by atoms with Crippen LogP contribution in [0.5, 0.6) is 0 Å². The Kier molecular flexibility index (Phi) is 1.95. The lowest BCUT2D eigenvalue weighted by molar-refractivity contribution is 0.222. The Morgan fingerprint density at radius 2 is 1.50 bits per heavy atom. The Bertz CT molecular complexity index is 156. The maximum absolute atomic E-state index is 2.63. The number of rotatable bonds is 2. The normalized spacial score (nSPS) is 41.0. The standard InChI is InChI=1S/C11H21N/c1-7(2)11-9-5-12(8(3)4)6-10(9)11/h7-11H,5-6H2,1-4H3. The second-order valence-electron chi connectivity index (χ2n) is 5.20. The zero-order valence-electron chi connectivity index (χ0n) is 8.75. The van der Waals surface area contributed by atoms with E-state index >= 15 is 0 Å². The van der Waals surface area contributed by atoms with Crippen molar-refractivity contribution in [2.75, 3.05) is 13.1 Å². The Morgan fingerprint density at radius 3 is 1.83 bits per heavy atom. The molecule has 0 spiro atoms. The van der Waals surface area contributed by atoms with Gasteiger partial charge in [0, 0.05) is 19.1 Å². The van der Waals surface area contributed by atoms with Gasteiger partial charge in [0.25, 0.3) is 0 Å². The SMILES string of the molecule is CC(C)C1C2CN(C(C)C)CC21. The van der Waals surface area contributed by atoms with Crippen molar-refractivity contribution in [2.24, 2.45) is 23.7 Å². The zero-order chi connectivity index (χ0) is 8.88. The Morgan fingerprint density at radius 1 is 1.00 bits per heavy atom. The highest BCUT2D eigenvalue weighted by Crippen LogP contribution is 2.55. The lowest BCUT2D eigenvalue weighted by Crippen LogP contribution is -2.31. The Hall–Kier alpha value is -0.0400. The minimum absolute atomic E-state index is 0.769. The second kappa shape index (κ2) is 2.73. The third-order valence-electron chi connectivity index (χ3n) is 3.79. The number of hydrogen-bond acceptors (Lipinski definition) is 1. The molecule has 2 unspecified atom stereocenters. The molecule has 2 fully saturated rings. The molecular formula is C11H21N. The molecule has 0 aromatic heterocycles. The van der Waals surface area contributed by atoms with E-state index in [1.165, 1.54) is 13.1 Å². The second-order valence-corrected chi connectivity index (χ2v) is 5.20. The minimum Gasteiger partial charge on any atom is -0.300 e. The van der Waals surface area contributed by atoms with Gasteiger partial charge in [-0.2, -0.15) is 0 Å². The van der Waals surface area contributed by atoms with Gasteiger partial charge in [-0.15, -0.1) is 0 Å². The van der Waals surface area contributed by atoms with Gasteiger partial charge >= 0.3 is 0 Å². The van der Waals surface area contributed by atoms with E-state index in [4.69, 9.17) is 0 Å². The predicted molar refractivity (Wildman–Crippen MR) is 52.0 cm³/mol. The van der Waals surface area contributed by atoms with Crippen LogP contribution in [0.4, 0.5) is 0 Å². The van der Waals surface area contributed by atoms with E-state index in [0.29, 0.717) is 0 Å². The summed E-state index contributed by atoms with van der Waals surface area (Å²) in [5.74, 6) is 4.12. The largest absolute Gasteiger partial charge is 0.300 e. The van der Waals surface area contributed by atoms with Crippen LogP contribution >= 0.6 is 0 Å². The van der Waals surface area contributed by atoms with Crippen LogP contribution in [0.1, 0.15) is 27.7 Å². The molecule has 70 valence electrons. The van der Waals surface area contributed by atoms with Crippen molar-refractivity contribution >= 4 is 0 Å². The van der Waals surface area contributed by atoms with E-state index in [-0.39, 0.29) is 0 Å². The molecule has 0 radical (unpaired) electrons. The fourth-order valence-corrected chi connectivity index (χ4v) is 3.02. The molecule has 2 rings (SSSR count). The van der Waals surface area contributed by atoms with Crippen molar-refractivity contribution in [1.82, 2.24) is 4.90 Å². The number of fused-ring (bicyclic) bond motifs is 1. The number of piperidine rings is 1. The van der Waals surface area contributed by atoms with Gasteiger partial charge in [0.15, 0.2) is 0 Å². The average Bonchev–Trinajstić information content (AvgIpc) is 2.48. The van der Waals surface area contributed by atoms with Gasteiger partial charge in [-0.1, -0.05) is 13.8 Å². The van der Waals surface area contributed by atoms with Gasteiger partial charge in [0.2, 0.25) is 0 Å². The lowest BCUT2D eigenvalue weighted by atomic mass is 10.0. The molecule has 2 atom stereocenters. The molecule has 1 aliphatic carbocycles. The molecule has 1 heterocycles. The lowest BCUT2D eigenvalue weighted by Gasteiger charge is -2.24. The van der Waals surface area contributed by atoms with Crippen LogP contribution in [-0.2, 0) is 0 Å². The van der Waals surface area contributed by atoms with E-state index in [1.54, 1.807) is 0 Å². The van der Waals surface area contributed by atoms with Crippen LogP contribution in [0.3, 0.4) is 0 Å². The Balaban J connectivity index is 1.86. The van der Waals surface area contributed by atoms with Crippen LogP contribution in [0.2, 0.25) is 0 Å². The fourth-order valence-electron chi connectivity index (χ4n) is 3.02. The molecule has 0 bridgehead atoms. The summed E-state index contributed by atoms with van der Waals surface area (Å²) >= 11 is 0. The zero-order valence-corrected chi connectivity index (χ0v) is 8.75. The molecule has 1 saturated heterocycles. The van der Waals surface area contributed by atoms with E-state index in [1.807, 2.05) is 0 Å². The Labute approximate surface area is 76.1 Å². The van der Waals surface area contributed by atoms with Gasteiger partial charge in [0.1, 0.15) is 0 Å². The molecule has 1 nitrogen and oxygen atoms in total. The van der Waals surface area contributed by atoms with Gasteiger partial charge in [-0.25, -0.2) is 0 Å². The topological polar surface area (TPSA) is 3.24 Å². The molecule has 0 N–H and O–H groups in total. The third kappa shape index (κ3) is 1.19. The van der Waals surface area contributed by atoms with Gasteiger partial charge < -0.3 is 4.90 Å². The van der Waals surface area contributed by atoms with Crippen LogP contribution in [-0.4, -0.2) is 24.0 Å². The summed E-state index contributed by atoms with van der Waals surface area (Å²) in [6.45, 7) is 12.1. The minimum atomic E-state index is 0.769. The molecule has 0 aromatic carbocycles. The van der Waals surface area contributed by atoms with Gasteiger partial charge in [-0.05, 0) is 37.5 Å². The van der Waals surface area contributed by atoms with E-state index in [2.05, 4.69) is 32.6 Å². The van der Waals surface area contributed by atoms with Crippen molar-refractivity contribution in [3.8, 4) is 0 Å². The van der Waals surface area contributed by atoms with E-state index < -0.39 is 0 Å². The quantitative estimate of drug-likeness (QED) is 0.609. The van der Waals surface area contributed by atoms with Gasteiger partial charge in [0.05, 0.1) is 0 Å². The molecule has 2 aliphatic rings. The van der Waals surface area contributed by atoms with Crippen molar-refractivity contribution in [2.45, 2.75) is 33.7 Å². The summed E-state index contributed by atoms with van der Waals surface area (Å²) < 4.78 is 0. The smallest absolute Gasteiger partial charge is 0.00388 e. The van der Waals surface area contributed by atoms with Crippen LogP contribution < -0.4 is 0 Å². The van der Waals surface area contributed by atoms with E-state index in [9.17, 15) is 0 Å². The maximum Gasteiger partial charge on any atom is 0.00388 e. The van der Waals surface area contributed by atoms with Gasteiger partial charge in [-0.3, -0.25) is 0 Å². The molecular weight excluding hydrogens is 146 g/mol. The first kappa shape index (κ1) is 8.55. The number of likely N-dealkylation sites (tertiary alicyclic amines) is 1. The van der Waals surface area contributed by atoms with E-state index in [0.717, 1.165) is 29.7 Å². The molecule has 1 saturated carbocycles. The maximum atomic E-state index is 2.63. The molecule has 0 aromatic rings. The summed E-state index contributed by atoms with van der Waals surface area (Å²) in [6, 6.07) is 0.769. The summed E-state index contributed by atoms with van der Waals surface area (Å²) in [5.41, 5.74) is 0. The molecule has 1 heteroatoms. The molecule has 1 aliphatic heterocycles. The van der Waals surface area contributed by atoms with Crippen molar-refractivity contribution in [3.05, 3.63) is 0 Å². The summed E-state index contributed by atoms with van der Waals surface area (Å²) in [4.78, 5) is 2.63. The average molecular weight is 167 g/mol. The third-order valence-corrected chi connectivity index (χ3v) is 3.79. The summed E-state index contributed by atoms with van der Waals surface area (Å²) in [7, 11) is 0. The number of nitrogens with zero attached hydrogens (tertiary/aromatic N) is 1. The van der Waals surface area contributed by atoms with Crippen LogP contribution in [0, 0.1) is 23.7 Å². The first-order chi connectivity index (χ1) is 5.61. The molecule has 0 amide bonds. The highest BCUT2D eigenvalue weighted by Gasteiger charge is 2.56. The van der Waals surface area contributed by atoms with Crippen molar-refractivity contribution in [1.29, 1.82) is 0 Å². The summed E-state index contributed by atoms with van der Waals surface area (Å²) in [6.07, 6.45) is 0. The predicted octanol–water partition coefficient (Wildman–Crippen LogP) is 2.23. The monoisotopic (exact) mass is 167 g/mol.